The zero-order chi connectivity index (χ0) is 19.6. The molecule has 1 amide bonds. The van der Waals surface area contributed by atoms with E-state index >= 15 is 0 Å². The van der Waals surface area contributed by atoms with Gasteiger partial charge < -0.3 is 14.7 Å². The van der Waals surface area contributed by atoms with Gasteiger partial charge in [0.2, 0.25) is 10.0 Å². The van der Waals surface area contributed by atoms with E-state index in [-0.39, 0.29) is 10.8 Å². The van der Waals surface area contributed by atoms with Gasteiger partial charge >= 0.3 is 5.97 Å². The maximum Gasteiger partial charge on any atom is 0.306 e. The molecule has 148 valence electrons. The number of carbonyl (C=O) groups is 2. The van der Waals surface area contributed by atoms with Crippen LogP contribution in [0.5, 0.6) is 0 Å². The Kier molecular flexibility index (Phi) is 5.83. The van der Waals surface area contributed by atoms with E-state index < -0.39 is 21.9 Å². The Morgan fingerprint density at radius 2 is 1.74 bits per heavy atom. The van der Waals surface area contributed by atoms with Crippen LogP contribution >= 0.6 is 0 Å². The molecule has 0 aliphatic carbocycles. The van der Waals surface area contributed by atoms with Gasteiger partial charge in [-0.1, -0.05) is 6.07 Å². The monoisotopic (exact) mass is 396 g/mol. The molecule has 3 rings (SSSR count). The highest BCUT2D eigenvalue weighted by molar-refractivity contribution is 7.89. The summed E-state index contributed by atoms with van der Waals surface area (Å²) in [6.07, 6.45) is 0.817. The highest BCUT2D eigenvalue weighted by Gasteiger charge is 2.30. The van der Waals surface area contributed by atoms with Gasteiger partial charge in [0, 0.05) is 31.7 Å². The molecule has 0 unspecified atom stereocenters. The maximum atomic E-state index is 13.0. The molecule has 0 spiro atoms. The number of sulfonamides is 1. The first-order chi connectivity index (χ1) is 12.8. The molecule has 2 heterocycles. The van der Waals surface area contributed by atoms with Crippen molar-refractivity contribution in [3.8, 4) is 0 Å². The zero-order valence-corrected chi connectivity index (χ0v) is 16.1. The van der Waals surface area contributed by atoms with Crippen molar-refractivity contribution < 1.29 is 27.9 Å². The van der Waals surface area contributed by atoms with Crippen LogP contribution in [0.1, 0.15) is 28.8 Å². The second-order valence-electron chi connectivity index (χ2n) is 6.90. The molecule has 1 aromatic carbocycles. The van der Waals surface area contributed by atoms with Gasteiger partial charge in [-0.05, 0) is 37.5 Å². The van der Waals surface area contributed by atoms with Crippen molar-refractivity contribution in [1.82, 2.24) is 9.21 Å². The normalized spacial score (nSPS) is 19.8. The Morgan fingerprint density at radius 3 is 2.33 bits per heavy atom. The molecule has 2 aliphatic rings. The lowest BCUT2D eigenvalue weighted by atomic mass is 9.96. The molecule has 0 bridgehead atoms. The van der Waals surface area contributed by atoms with Gasteiger partial charge in [-0.25, -0.2) is 8.42 Å². The minimum atomic E-state index is -3.69. The average molecular weight is 396 g/mol. The van der Waals surface area contributed by atoms with E-state index in [0.29, 0.717) is 63.4 Å². The van der Waals surface area contributed by atoms with Crippen LogP contribution in [0.3, 0.4) is 0 Å². The van der Waals surface area contributed by atoms with Crippen molar-refractivity contribution in [2.24, 2.45) is 5.92 Å². The fraction of sp³-hybridized carbons (Fsp3) is 0.556. The van der Waals surface area contributed by atoms with Crippen molar-refractivity contribution in [2.45, 2.75) is 24.7 Å². The molecular weight excluding hydrogens is 372 g/mol. The lowest BCUT2D eigenvalue weighted by Gasteiger charge is -2.30. The number of morpholine rings is 1. The third-order valence-electron chi connectivity index (χ3n) is 5.15. The molecule has 0 aromatic heterocycles. The molecule has 2 fully saturated rings. The highest BCUT2D eigenvalue weighted by atomic mass is 32.2. The largest absolute Gasteiger partial charge is 0.481 e. The minimum absolute atomic E-state index is 0.135. The van der Waals surface area contributed by atoms with Gasteiger partial charge in [0.05, 0.1) is 24.0 Å². The average Bonchev–Trinajstić information content (AvgIpc) is 2.68. The van der Waals surface area contributed by atoms with E-state index in [1.54, 1.807) is 24.0 Å². The van der Waals surface area contributed by atoms with Crippen LogP contribution in [0.2, 0.25) is 0 Å². The van der Waals surface area contributed by atoms with Crippen LogP contribution in [0.4, 0.5) is 0 Å². The van der Waals surface area contributed by atoms with Crippen molar-refractivity contribution >= 4 is 21.9 Å². The van der Waals surface area contributed by atoms with Crippen molar-refractivity contribution in [2.75, 3.05) is 39.4 Å². The SMILES string of the molecule is Cc1ccc(C(=O)N2CCC(C(=O)O)CC2)cc1S(=O)(=O)N1CCOCC1. The number of hydrogen-bond acceptors (Lipinski definition) is 5. The van der Waals surface area contributed by atoms with Crippen LogP contribution in [-0.2, 0) is 19.6 Å². The van der Waals surface area contributed by atoms with E-state index in [0.717, 1.165) is 0 Å². The number of carboxylic acids is 1. The number of aryl methyl sites for hydroxylation is 1. The number of ether oxygens (including phenoxy) is 1. The summed E-state index contributed by atoms with van der Waals surface area (Å²) in [4.78, 5) is 25.6. The van der Waals surface area contributed by atoms with Crippen LogP contribution in [0.15, 0.2) is 23.1 Å². The number of benzene rings is 1. The van der Waals surface area contributed by atoms with Crippen LogP contribution in [0, 0.1) is 12.8 Å². The summed E-state index contributed by atoms with van der Waals surface area (Å²) < 4.78 is 32.5. The Balaban J connectivity index is 1.81. The number of piperidine rings is 1. The van der Waals surface area contributed by atoms with E-state index in [1.807, 2.05) is 0 Å². The number of amides is 1. The number of hydrogen-bond donors (Lipinski definition) is 1. The third-order valence-corrected chi connectivity index (χ3v) is 7.20. The van der Waals surface area contributed by atoms with Gasteiger partial charge in [-0.2, -0.15) is 4.31 Å². The topological polar surface area (TPSA) is 104 Å². The second kappa shape index (κ2) is 7.95. The molecule has 2 saturated heterocycles. The Labute approximate surface area is 158 Å². The quantitative estimate of drug-likeness (QED) is 0.813. The molecular formula is C18H24N2O6S. The highest BCUT2D eigenvalue weighted by Crippen LogP contribution is 2.24. The first kappa shape index (κ1) is 19.8. The molecule has 9 heteroatoms. The smallest absolute Gasteiger partial charge is 0.306 e. The second-order valence-corrected chi connectivity index (χ2v) is 8.81. The summed E-state index contributed by atoms with van der Waals surface area (Å²) in [5, 5.41) is 9.08. The summed E-state index contributed by atoms with van der Waals surface area (Å²) in [6.45, 7) is 3.72. The number of rotatable bonds is 4. The summed E-state index contributed by atoms with van der Waals surface area (Å²) >= 11 is 0. The van der Waals surface area contributed by atoms with Gasteiger partial charge in [-0.15, -0.1) is 0 Å². The molecule has 0 atom stereocenters. The molecule has 0 saturated carbocycles. The zero-order valence-electron chi connectivity index (χ0n) is 15.3. The lowest BCUT2D eigenvalue weighted by molar-refractivity contribution is -0.143. The molecule has 0 radical (unpaired) electrons. The minimum Gasteiger partial charge on any atom is -0.481 e. The van der Waals surface area contributed by atoms with Gasteiger partial charge in [-0.3, -0.25) is 9.59 Å². The standard InChI is InChI=1S/C18H24N2O6S/c1-13-2-3-15(17(21)19-6-4-14(5-7-19)18(22)23)12-16(13)27(24,25)20-8-10-26-11-9-20/h2-3,12,14H,4-11H2,1H3,(H,22,23). The van der Waals surface area contributed by atoms with E-state index in [1.165, 1.54) is 10.4 Å². The summed E-state index contributed by atoms with van der Waals surface area (Å²) in [5.74, 6) is -1.53. The van der Waals surface area contributed by atoms with Crippen LogP contribution < -0.4 is 0 Å². The van der Waals surface area contributed by atoms with E-state index in [2.05, 4.69) is 0 Å². The molecule has 2 aliphatic heterocycles. The van der Waals surface area contributed by atoms with Crippen molar-refractivity contribution in [3.63, 3.8) is 0 Å². The van der Waals surface area contributed by atoms with E-state index in [4.69, 9.17) is 9.84 Å². The number of nitrogens with zero attached hydrogens (tertiary/aromatic N) is 2. The predicted octanol–water partition coefficient (Wildman–Crippen LogP) is 0.953. The molecule has 8 nitrogen and oxygen atoms in total. The van der Waals surface area contributed by atoms with Crippen molar-refractivity contribution in [3.05, 3.63) is 29.3 Å². The van der Waals surface area contributed by atoms with Crippen LogP contribution in [-0.4, -0.2) is 74.0 Å². The van der Waals surface area contributed by atoms with Crippen molar-refractivity contribution in [1.29, 1.82) is 0 Å². The molecule has 1 aromatic rings. The fourth-order valence-corrected chi connectivity index (χ4v) is 5.11. The van der Waals surface area contributed by atoms with Gasteiger partial charge in [0.15, 0.2) is 0 Å². The maximum absolute atomic E-state index is 13.0. The van der Waals surface area contributed by atoms with Crippen LogP contribution in [0.25, 0.3) is 0 Å². The molecule has 27 heavy (non-hydrogen) atoms. The summed E-state index contributed by atoms with van der Waals surface area (Å²) in [7, 11) is -3.69. The van der Waals surface area contributed by atoms with Gasteiger partial charge in [0.1, 0.15) is 0 Å². The number of likely N-dealkylation sites (tertiary alicyclic amines) is 1. The lowest BCUT2D eigenvalue weighted by Crippen LogP contribution is -2.41. The first-order valence-electron chi connectivity index (χ1n) is 9.01. The fourth-order valence-electron chi connectivity index (χ4n) is 3.45. The number of aliphatic carboxylic acids is 1. The first-order valence-corrected chi connectivity index (χ1v) is 10.5. The Hall–Kier alpha value is -1.97. The van der Waals surface area contributed by atoms with E-state index in [9.17, 15) is 18.0 Å². The Morgan fingerprint density at radius 1 is 1.11 bits per heavy atom. The Bertz CT molecular complexity index is 824. The molecule has 1 N–H and O–H groups in total. The summed E-state index contributed by atoms with van der Waals surface area (Å²) in [5.41, 5.74) is 0.892. The van der Waals surface area contributed by atoms with Gasteiger partial charge in [0.25, 0.3) is 5.91 Å². The summed E-state index contributed by atoms with van der Waals surface area (Å²) in [6, 6.07) is 4.70. The number of carboxylic acid groups (broad SMARTS) is 1. The predicted molar refractivity (Wildman–Crippen MR) is 97.0 cm³/mol. The third kappa shape index (κ3) is 4.15. The number of carbonyl (C=O) groups excluding carboxylic acids is 1.